The highest BCUT2D eigenvalue weighted by atomic mass is 16.2. The molecule has 0 aromatic carbocycles. The Labute approximate surface area is 158 Å². The van der Waals surface area contributed by atoms with Crippen molar-refractivity contribution in [1.29, 1.82) is 0 Å². The van der Waals surface area contributed by atoms with Gasteiger partial charge in [-0.05, 0) is 86.4 Å². The van der Waals surface area contributed by atoms with Crippen molar-refractivity contribution in [3.05, 3.63) is 12.2 Å². The number of nitrogens with zero attached hydrogens (tertiary/aromatic N) is 1. The van der Waals surface area contributed by atoms with Gasteiger partial charge in [-0.1, -0.05) is 12.2 Å². The van der Waals surface area contributed by atoms with Gasteiger partial charge in [0.05, 0.1) is 17.3 Å². The van der Waals surface area contributed by atoms with E-state index in [2.05, 4.69) is 17.6 Å². The number of imide groups is 1. The molecule has 0 aromatic heterocycles. The lowest BCUT2D eigenvalue weighted by atomic mass is 9.49. The summed E-state index contributed by atoms with van der Waals surface area (Å²) in [5, 5.41) is 1.15. The van der Waals surface area contributed by atoms with Gasteiger partial charge in [0, 0.05) is 0 Å². The molecule has 1 saturated heterocycles. The Morgan fingerprint density at radius 3 is 1.81 bits per heavy atom. The van der Waals surface area contributed by atoms with Gasteiger partial charge >= 0.3 is 0 Å². The highest BCUT2D eigenvalue weighted by Gasteiger charge is 2.67. The highest BCUT2D eigenvalue weighted by Crippen LogP contribution is 2.65. The van der Waals surface area contributed by atoms with E-state index in [0.29, 0.717) is 29.6 Å². The SMILES string of the molecule is O=C1[C@@H]2C3C=CC(C4CC43)[C@@H]2C(=O)N1NC(=O)C12CC3CC(CC(C3)C1)C2. The van der Waals surface area contributed by atoms with Crippen LogP contribution in [0.3, 0.4) is 0 Å². The van der Waals surface area contributed by atoms with E-state index in [0.717, 1.165) is 30.7 Å². The normalized spacial score (nSPS) is 55.7. The van der Waals surface area contributed by atoms with Crippen molar-refractivity contribution in [2.75, 3.05) is 0 Å². The second-order valence-electron chi connectivity index (χ2n) is 10.8. The molecular weight excluding hydrogens is 340 g/mol. The summed E-state index contributed by atoms with van der Waals surface area (Å²) in [6.45, 7) is 0. The van der Waals surface area contributed by atoms with E-state index < -0.39 is 0 Å². The summed E-state index contributed by atoms with van der Waals surface area (Å²) in [7, 11) is 0. The number of carbonyl (C=O) groups excluding carboxylic acids is 3. The van der Waals surface area contributed by atoms with E-state index in [-0.39, 0.29) is 46.8 Å². The Morgan fingerprint density at radius 1 is 0.852 bits per heavy atom. The van der Waals surface area contributed by atoms with E-state index in [4.69, 9.17) is 0 Å². The first-order chi connectivity index (χ1) is 13.0. The van der Waals surface area contributed by atoms with Gasteiger partial charge in [0.1, 0.15) is 0 Å². The number of hydrogen-bond acceptors (Lipinski definition) is 3. The maximum atomic E-state index is 13.3. The molecule has 1 aliphatic heterocycles. The molecule has 5 heteroatoms. The van der Waals surface area contributed by atoms with Crippen molar-refractivity contribution in [3.8, 4) is 0 Å². The zero-order chi connectivity index (χ0) is 18.1. The molecule has 0 aromatic rings. The Morgan fingerprint density at radius 2 is 1.33 bits per heavy atom. The lowest BCUT2D eigenvalue weighted by Crippen LogP contribution is -2.58. The monoisotopic (exact) mass is 366 g/mol. The van der Waals surface area contributed by atoms with Gasteiger partial charge in [-0.15, -0.1) is 0 Å². The Bertz CT molecular complexity index is 745. The summed E-state index contributed by atoms with van der Waals surface area (Å²) in [5.74, 6) is 2.82. The fourth-order valence-electron chi connectivity index (χ4n) is 8.68. The minimum Gasteiger partial charge on any atom is -0.273 e. The van der Waals surface area contributed by atoms with Gasteiger partial charge in [0.2, 0.25) is 5.91 Å². The molecule has 0 spiro atoms. The second-order valence-corrected chi connectivity index (χ2v) is 10.8. The number of hydrogen-bond donors (Lipinski definition) is 1. The molecule has 9 aliphatic rings. The average molecular weight is 366 g/mol. The molecule has 27 heavy (non-hydrogen) atoms. The van der Waals surface area contributed by atoms with Crippen LogP contribution in [-0.2, 0) is 14.4 Å². The lowest BCUT2D eigenvalue weighted by Gasteiger charge is -2.55. The number of nitrogens with one attached hydrogen (secondary N) is 1. The third-order valence-corrected chi connectivity index (χ3v) is 9.40. The fourth-order valence-corrected chi connectivity index (χ4v) is 8.68. The van der Waals surface area contributed by atoms with E-state index in [1.165, 1.54) is 19.3 Å². The van der Waals surface area contributed by atoms with Gasteiger partial charge in [0.25, 0.3) is 11.8 Å². The van der Waals surface area contributed by atoms with E-state index in [1.54, 1.807) is 0 Å². The largest absolute Gasteiger partial charge is 0.273 e. The Hall–Kier alpha value is -1.65. The summed E-state index contributed by atoms with van der Waals surface area (Å²) in [6.07, 6.45) is 12.2. The van der Waals surface area contributed by atoms with Gasteiger partial charge in [0.15, 0.2) is 0 Å². The van der Waals surface area contributed by atoms with Gasteiger partial charge in [-0.2, -0.15) is 5.01 Å². The molecule has 4 unspecified atom stereocenters. The second kappa shape index (κ2) is 4.66. The fraction of sp³-hybridized carbons (Fsp3) is 0.773. The quantitative estimate of drug-likeness (QED) is 0.602. The van der Waals surface area contributed by atoms with E-state index >= 15 is 0 Å². The lowest BCUT2D eigenvalue weighted by molar-refractivity contribution is -0.160. The molecule has 6 atom stereocenters. The van der Waals surface area contributed by atoms with Crippen LogP contribution in [-0.4, -0.2) is 22.7 Å². The summed E-state index contributed by atoms with van der Waals surface area (Å²) >= 11 is 0. The van der Waals surface area contributed by atoms with Gasteiger partial charge in [-0.25, -0.2) is 0 Å². The summed E-state index contributed by atoms with van der Waals surface area (Å²) in [5.41, 5.74) is 2.53. The molecule has 8 aliphatic carbocycles. The average Bonchev–Trinajstić information content (AvgIpc) is 3.41. The van der Waals surface area contributed by atoms with Crippen LogP contribution in [0.2, 0.25) is 0 Å². The predicted molar refractivity (Wildman–Crippen MR) is 95.3 cm³/mol. The number of allylic oxidation sites excluding steroid dienone is 2. The van der Waals surface area contributed by atoms with Gasteiger partial charge in [-0.3, -0.25) is 19.8 Å². The van der Waals surface area contributed by atoms with Crippen molar-refractivity contribution < 1.29 is 14.4 Å². The minimum atomic E-state index is -0.331. The highest BCUT2D eigenvalue weighted by molar-refractivity contribution is 6.07. The molecule has 6 bridgehead atoms. The molecule has 1 heterocycles. The number of amides is 3. The Balaban J connectivity index is 1.16. The van der Waals surface area contributed by atoms with Crippen LogP contribution in [0.1, 0.15) is 44.9 Å². The van der Waals surface area contributed by atoms with Crippen LogP contribution in [0.4, 0.5) is 0 Å². The molecule has 1 N–H and O–H groups in total. The van der Waals surface area contributed by atoms with E-state index in [1.807, 2.05) is 0 Å². The summed E-state index contributed by atoms with van der Waals surface area (Å²) in [6, 6.07) is 0. The molecule has 7 fully saturated rings. The van der Waals surface area contributed by atoms with Crippen LogP contribution in [0.25, 0.3) is 0 Å². The van der Waals surface area contributed by atoms with Crippen LogP contribution in [0.15, 0.2) is 12.2 Å². The van der Waals surface area contributed by atoms with Gasteiger partial charge < -0.3 is 0 Å². The zero-order valence-corrected chi connectivity index (χ0v) is 15.5. The Kier molecular flexibility index (Phi) is 2.64. The first-order valence-electron chi connectivity index (χ1n) is 10.9. The number of carbonyl (C=O) groups is 3. The van der Waals surface area contributed by atoms with Crippen LogP contribution in [0, 0.1) is 58.7 Å². The molecule has 0 radical (unpaired) electrons. The first-order valence-corrected chi connectivity index (χ1v) is 10.9. The van der Waals surface area contributed by atoms with Crippen molar-refractivity contribution in [2.45, 2.75) is 44.9 Å². The maximum Gasteiger partial charge on any atom is 0.252 e. The third kappa shape index (κ3) is 1.79. The van der Waals surface area contributed by atoms with E-state index in [9.17, 15) is 14.4 Å². The van der Waals surface area contributed by atoms with Crippen LogP contribution < -0.4 is 5.43 Å². The summed E-state index contributed by atoms with van der Waals surface area (Å²) in [4.78, 5) is 39.6. The molecule has 6 saturated carbocycles. The topological polar surface area (TPSA) is 66.5 Å². The first kappa shape index (κ1) is 15.3. The predicted octanol–water partition coefficient (Wildman–Crippen LogP) is 2.29. The number of hydrazine groups is 1. The summed E-state index contributed by atoms with van der Waals surface area (Å²) < 4.78 is 0. The van der Waals surface area contributed by atoms with Crippen LogP contribution in [0.5, 0.6) is 0 Å². The minimum absolute atomic E-state index is 0.0487. The molecule has 9 rings (SSSR count). The van der Waals surface area contributed by atoms with Crippen molar-refractivity contribution >= 4 is 17.7 Å². The zero-order valence-electron chi connectivity index (χ0n) is 15.5. The van der Waals surface area contributed by atoms with Crippen molar-refractivity contribution in [1.82, 2.24) is 10.4 Å². The van der Waals surface area contributed by atoms with Crippen molar-refractivity contribution in [2.24, 2.45) is 58.7 Å². The molecule has 3 amide bonds. The molecule has 5 nitrogen and oxygen atoms in total. The van der Waals surface area contributed by atoms with Crippen molar-refractivity contribution in [3.63, 3.8) is 0 Å². The van der Waals surface area contributed by atoms with Crippen LogP contribution >= 0.6 is 0 Å². The number of rotatable bonds is 2. The molecule has 142 valence electrons. The molecular formula is C22H26N2O3. The standard InChI is InChI=1S/C22H26N2O3/c25-19-17-13-1-2-14(16-6-15(13)16)18(17)20(26)24(19)23-21(27)22-7-10-3-11(8-22)5-12(4-10)9-22/h1-2,10-18H,3-9H2,(H,23,27)/t10?,11?,12?,13?,14?,15?,16?,17-,18+,22?. The maximum absolute atomic E-state index is 13.3. The third-order valence-electron chi connectivity index (χ3n) is 9.40. The smallest absolute Gasteiger partial charge is 0.252 e.